The highest BCUT2D eigenvalue weighted by atomic mass is 16.2. The second-order valence-corrected chi connectivity index (χ2v) is 6.05. The molecule has 0 radical (unpaired) electrons. The number of benzene rings is 2. The van der Waals surface area contributed by atoms with Crippen molar-refractivity contribution in [2.75, 3.05) is 6.54 Å². The number of nitrogens with zero attached hydrogens (tertiary/aromatic N) is 4. The molecule has 0 spiro atoms. The highest BCUT2D eigenvalue weighted by Gasteiger charge is 2.34. The number of aromatic nitrogens is 3. The molecular weight excluding hydrogens is 304 g/mol. The number of rotatable bonds is 3. The lowest BCUT2D eigenvalue weighted by Crippen LogP contribution is -2.33. The van der Waals surface area contributed by atoms with E-state index in [0.717, 1.165) is 22.2 Å². The van der Waals surface area contributed by atoms with Crippen molar-refractivity contribution < 1.29 is 9.59 Å². The van der Waals surface area contributed by atoms with E-state index in [9.17, 15) is 9.59 Å². The third-order valence-electron chi connectivity index (χ3n) is 4.54. The molecule has 0 aliphatic carbocycles. The van der Waals surface area contributed by atoms with Crippen LogP contribution in [0.5, 0.6) is 0 Å². The van der Waals surface area contributed by atoms with E-state index in [1.165, 1.54) is 4.90 Å². The van der Waals surface area contributed by atoms with Gasteiger partial charge in [-0.25, -0.2) is 4.68 Å². The van der Waals surface area contributed by atoms with Crippen LogP contribution in [0.15, 0.2) is 36.4 Å². The lowest BCUT2D eigenvalue weighted by atomic mass is 10.1. The first-order valence-electron chi connectivity index (χ1n) is 7.82. The predicted molar refractivity (Wildman–Crippen MR) is 88.8 cm³/mol. The van der Waals surface area contributed by atoms with Gasteiger partial charge in [0.25, 0.3) is 11.8 Å². The Morgan fingerprint density at radius 1 is 0.917 bits per heavy atom. The van der Waals surface area contributed by atoms with E-state index in [1.54, 1.807) is 28.9 Å². The predicted octanol–water partition coefficient (Wildman–Crippen LogP) is 2.34. The van der Waals surface area contributed by atoms with Crippen molar-refractivity contribution >= 4 is 22.8 Å². The van der Waals surface area contributed by atoms with E-state index >= 15 is 0 Å². The largest absolute Gasteiger partial charge is 0.272 e. The van der Waals surface area contributed by atoms with Crippen molar-refractivity contribution in [1.82, 2.24) is 19.9 Å². The molecule has 0 atom stereocenters. The molecule has 1 aliphatic rings. The molecule has 1 aromatic heterocycles. The SMILES string of the molecule is Cc1cc2nnn(CCN3C(=O)c4ccccc4C3=O)c2cc1C. The Morgan fingerprint density at radius 2 is 1.54 bits per heavy atom. The second-order valence-electron chi connectivity index (χ2n) is 6.05. The van der Waals surface area contributed by atoms with Gasteiger partial charge in [0.2, 0.25) is 0 Å². The smallest absolute Gasteiger partial charge is 0.261 e. The van der Waals surface area contributed by atoms with Crippen LogP contribution in [-0.2, 0) is 6.54 Å². The molecule has 0 bridgehead atoms. The normalized spacial score (nSPS) is 13.8. The van der Waals surface area contributed by atoms with Crippen molar-refractivity contribution in [2.45, 2.75) is 20.4 Å². The molecular formula is C18H16N4O2. The van der Waals surface area contributed by atoms with Gasteiger partial charge in [0, 0.05) is 6.54 Å². The first kappa shape index (κ1) is 14.6. The Hall–Kier alpha value is -3.02. The standard InChI is InChI=1S/C18H16N4O2/c1-11-9-15-16(10-12(11)2)22(20-19-15)8-7-21-17(23)13-5-3-4-6-14(13)18(21)24/h3-6,9-10H,7-8H2,1-2H3. The molecule has 0 saturated carbocycles. The molecule has 6 nitrogen and oxygen atoms in total. The van der Waals surface area contributed by atoms with Crippen molar-refractivity contribution in [3.8, 4) is 0 Å². The third kappa shape index (κ3) is 2.11. The number of hydrogen-bond acceptors (Lipinski definition) is 4. The van der Waals surface area contributed by atoms with Gasteiger partial charge in [-0.3, -0.25) is 14.5 Å². The fourth-order valence-corrected chi connectivity index (χ4v) is 3.03. The van der Waals surface area contributed by atoms with Gasteiger partial charge in [0.05, 0.1) is 23.2 Å². The lowest BCUT2D eigenvalue weighted by Gasteiger charge is -2.13. The number of carbonyl (C=O) groups is 2. The second kappa shape index (κ2) is 5.26. The van der Waals surface area contributed by atoms with Crippen LogP contribution in [0.1, 0.15) is 31.8 Å². The maximum absolute atomic E-state index is 12.4. The molecule has 2 aromatic carbocycles. The summed E-state index contributed by atoms with van der Waals surface area (Å²) in [7, 11) is 0. The zero-order chi connectivity index (χ0) is 16.8. The number of fused-ring (bicyclic) bond motifs is 2. The minimum absolute atomic E-state index is 0.243. The van der Waals surface area contributed by atoms with E-state index in [-0.39, 0.29) is 18.4 Å². The summed E-state index contributed by atoms with van der Waals surface area (Å²) in [4.78, 5) is 26.1. The summed E-state index contributed by atoms with van der Waals surface area (Å²) in [5.74, 6) is -0.487. The molecule has 0 N–H and O–H groups in total. The average Bonchev–Trinajstić information content (AvgIpc) is 3.07. The molecule has 0 unspecified atom stereocenters. The molecule has 4 rings (SSSR count). The Labute approximate surface area is 138 Å². The molecule has 1 aliphatic heterocycles. The summed E-state index contributed by atoms with van der Waals surface area (Å²) in [6, 6.07) is 10.9. The first-order chi connectivity index (χ1) is 11.6. The summed E-state index contributed by atoms with van der Waals surface area (Å²) in [6.45, 7) is 4.77. The monoisotopic (exact) mass is 320 g/mol. The maximum atomic E-state index is 12.4. The lowest BCUT2D eigenvalue weighted by molar-refractivity contribution is 0.0648. The Balaban J connectivity index is 1.59. The van der Waals surface area contributed by atoms with Gasteiger partial charge in [-0.1, -0.05) is 17.3 Å². The van der Waals surface area contributed by atoms with Gasteiger partial charge in [0.1, 0.15) is 5.52 Å². The van der Waals surface area contributed by atoms with Crippen LogP contribution in [0.3, 0.4) is 0 Å². The maximum Gasteiger partial charge on any atom is 0.261 e. The third-order valence-corrected chi connectivity index (χ3v) is 4.54. The van der Waals surface area contributed by atoms with Gasteiger partial charge in [-0.05, 0) is 49.2 Å². The van der Waals surface area contributed by atoms with E-state index in [1.807, 2.05) is 26.0 Å². The highest BCUT2D eigenvalue weighted by molar-refractivity contribution is 6.21. The van der Waals surface area contributed by atoms with Crippen LogP contribution >= 0.6 is 0 Å². The average molecular weight is 320 g/mol. The zero-order valence-corrected chi connectivity index (χ0v) is 13.5. The topological polar surface area (TPSA) is 68.1 Å². The Morgan fingerprint density at radius 3 is 2.21 bits per heavy atom. The highest BCUT2D eigenvalue weighted by Crippen LogP contribution is 2.23. The van der Waals surface area contributed by atoms with Crippen LogP contribution in [0.25, 0.3) is 11.0 Å². The van der Waals surface area contributed by atoms with Crippen LogP contribution in [0.4, 0.5) is 0 Å². The number of aryl methyl sites for hydroxylation is 2. The van der Waals surface area contributed by atoms with Crippen LogP contribution in [-0.4, -0.2) is 38.3 Å². The molecule has 6 heteroatoms. The Bertz CT molecular complexity index is 955. The Kier molecular flexibility index (Phi) is 3.19. The van der Waals surface area contributed by atoms with Crippen molar-refractivity contribution in [1.29, 1.82) is 0 Å². The van der Waals surface area contributed by atoms with Crippen LogP contribution in [0, 0.1) is 13.8 Å². The van der Waals surface area contributed by atoms with Gasteiger partial charge in [-0.15, -0.1) is 5.10 Å². The van der Waals surface area contributed by atoms with Crippen molar-refractivity contribution in [2.24, 2.45) is 0 Å². The summed E-state index contributed by atoms with van der Waals surface area (Å²) in [6.07, 6.45) is 0. The molecule has 24 heavy (non-hydrogen) atoms. The number of amides is 2. The van der Waals surface area contributed by atoms with Gasteiger partial charge < -0.3 is 0 Å². The quantitative estimate of drug-likeness (QED) is 0.695. The molecule has 0 saturated heterocycles. The van der Waals surface area contributed by atoms with Gasteiger partial charge in [-0.2, -0.15) is 0 Å². The van der Waals surface area contributed by atoms with E-state index < -0.39 is 0 Å². The minimum atomic E-state index is -0.243. The first-order valence-corrected chi connectivity index (χ1v) is 7.82. The van der Waals surface area contributed by atoms with E-state index in [2.05, 4.69) is 10.3 Å². The molecule has 3 aromatic rings. The minimum Gasteiger partial charge on any atom is -0.272 e. The van der Waals surface area contributed by atoms with Crippen molar-refractivity contribution in [3.63, 3.8) is 0 Å². The molecule has 2 amide bonds. The van der Waals surface area contributed by atoms with Crippen LogP contribution < -0.4 is 0 Å². The molecule has 0 fully saturated rings. The number of carbonyl (C=O) groups excluding carboxylic acids is 2. The summed E-state index contributed by atoms with van der Waals surface area (Å²) in [5, 5.41) is 8.32. The molecule has 120 valence electrons. The summed E-state index contributed by atoms with van der Waals surface area (Å²) in [5.41, 5.74) is 4.99. The number of imide groups is 1. The number of hydrogen-bond donors (Lipinski definition) is 0. The summed E-state index contributed by atoms with van der Waals surface area (Å²) < 4.78 is 1.74. The van der Waals surface area contributed by atoms with E-state index in [0.29, 0.717) is 17.7 Å². The summed E-state index contributed by atoms with van der Waals surface area (Å²) >= 11 is 0. The van der Waals surface area contributed by atoms with E-state index in [4.69, 9.17) is 0 Å². The fourth-order valence-electron chi connectivity index (χ4n) is 3.03. The van der Waals surface area contributed by atoms with Gasteiger partial charge in [0.15, 0.2) is 0 Å². The molecule has 2 heterocycles. The fraction of sp³-hybridized carbons (Fsp3) is 0.222. The van der Waals surface area contributed by atoms with Gasteiger partial charge >= 0.3 is 0 Å². The zero-order valence-electron chi connectivity index (χ0n) is 13.5. The van der Waals surface area contributed by atoms with Crippen LogP contribution in [0.2, 0.25) is 0 Å². The van der Waals surface area contributed by atoms with Crippen molar-refractivity contribution in [3.05, 3.63) is 58.7 Å².